The van der Waals surface area contributed by atoms with Gasteiger partial charge < -0.3 is 5.73 Å². The highest BCUT2D eigenvalue weighted by Gasteiger charge is 2.25. The van der Waals surface area contributed by atoms with Crippen molar-refractivity contribution in [2.75, 3.05) is 5.73 Å². The normalized spacial score (nSPS) is 13.4. The Labute approximate surface area is 94.9 Å². The van der Waals surface area contributed by atoms with Crippen LogP contribution in [0, 0.1) is 19.3 Å². The maximum Gasteiger partial charge on any atom is 0.247 e. The van der Waals surface area contributed by atoms with Gasteiger partial charge in [0.05, 0.1) is 11.7 Å². The molecule has 0 radical (unpaired) electrons. The molecule has 6 nitrogen and oxygen atoms in total. The van der Waals surface area contributed by atoms with Gasteiger partial charge in [-0.1, -0.05) is 5.92 Å². The minimum atomic E-state index is -3.71. The molecule has 0 aliphatic heterocycles. The largest absolute Gasteiger partial charge is 0.381 e. The van der Waals surface area contributed by atoms with Gasteiger partial charge in [0, 0.05) is 7.05 Å². The zero-order chi connectivity index (χ0) is 12.5. The highest BCUT2D eigenvalue weighted by molar-refractivity contribution is 7.89. The van der Waals surface area contributed by atoms with Crippen LogP contribution in [0.25, 0.3) is 0 Å². The topological polar surface area (TPSA) is 90.0 Å². The third-order valence-electron chi connectivity index (χ3n) is 2.16. The fourth-order valence-electron chi connectivity index (χ4n) is 1.27. The first-order valence-corrected chi connectivity index (χ1v) is 6.05. The van der Waals surface area contributed by atoms with Gasteiger partial charge in [-0.3, -0.25) is 4.68 Å². The third-order valence-corrected chi connectivity index (χ3v) is 3.86. The van der Waals surface area contributed by atoms with Crippen molar-refractivity contribution in [2.24, 2.45) is 7.05 Å². The van der Waals surface area contributed by atoms with Crippen LogP contribution in [0.1, 0.15) is 12.6 Å². The standard InChI is InChI=1S/C9H14N4O2S/c1-5-6(2)12-16(14,15)8-7(3)13(4)11-9(8)10/h1,6,12H,2-4H3,(H2,10,11). The van der Waals surface area contributed by atoms with Crippen molar-refractivity contribution in [1.82, 2.24) is 14.5 Å². The molecular weight excluding hydrogens is 228 g/mol. The number of nitrogen functional groups attached to an aromatic ring is 1. The van der Waals surface area contributed by atoms with Crippen LogP contribution in [0.15, 0.2) is 4.90 Å². The first-order valence-electron chi connectivity index (χ1n) is 4.57. The summed E-state index contributed by atoms with van der Waals surface area (Å²) in [6, 6.07) is -0.594. The summed E-state index contributed by atoms with van der Waals surface area (Å²) >= 11 is 0. The van der Waals surface area contributed by atoms with Crippen LogP contribution in [0.5, 0.6) is 0 Å². The summed E-state index contributed by atoms with van der Waals surface area (Å²) in [5, 5.41) is 3.83. The minimum absolute atomic E-state index is 0.0166. The number of hydrogen-bond donors (Lipinski definition) is 2. The maximum atomic E-state index is 11.9. The smallest absolute Gasteiger partial charge is 0.247 e. The van der Waals surface area contributed by atoms with E-state index in [0.717, 1.165) is 0 Å². The van der Waals surface area contributed by atoms with Crippen molar-refractivity contribution < 1.29 is 8.42 Å². The van der Waals surface area contributed by atoms with Crippen LogP contribution >= 0.6 is 0 Å². The fraction of sp³-hybridized carbons (Fsp3) is 0.444. The molecule has 1 heterocycles. The molecule has 0 saturated heterocycles. The minimum Gasteiger partial charge on any atom is -0.381 e. The zero-order valence-corrected chi connectivity index (χ0v) is 10.2. The number of hydrogen-bond acceptors (Lipinski definition) is 4. The van der Waals surface area contributed by atoms with Gasteiger partial charge in [-0.15, -0.1) is 6.42 Å². The highest BCUT2D eigenvalue weighted by atomic mass is 32.2. The number of nitrogens with zero attached hydrogens (tertiary/aromatic N) is 2. The number of anilines is 1. The molecule has 16 heavy (non-hydrogen) atoms. The summed E-state index contributed by atoms with van der Waals surface area (Å²) in [4.78, 5) is -0.0166. The Kier molecular flexibility index (Phi) is 3.26. The second-order valence-electron chi connectivity index (χ2n) is 3.43. The van der Waals surface area contributed by atoms with Gasteiger partial charge in [0.15, 0.2) is 5.82 Å². The highest BCUT2D eigenvalue weighted by Crippen LogP contribution is 2.20. The molecule has 0 aliphatic rings. The molecule has 88 valence electrons. The first-order chi connectivity index (χ1) is 7.29. The lowest BCUT2D eigenvalue weighted by Crippen LogP contribution is -2.32. The van der Waals surface area contributed by atoms with Crippen LogP contribution in [-0.2, 0) is 17.1 Å². The molecule has 7 heteroatoms. The molecule has 0 aromatic carbocycles. The second-order valence-corrected chi connectivity index (χ2v) is 5.08. The average Bonchev–Trinajstić information content (AvgIpc) is 2.40. The number of terminal acetylenes is 1. The Morgan fingerprint density at radius 2 is 2.19 bits per heavy atom. The van der Waals surface area contributed by atoms with E-state index in [1.54, 1.807) is 20.9 Å². The molecule has 0 fully saturated rings. The average molecular weight is 242 g/mol. The molecule has 1 aromatic rings. The van der Waals surface area contributed by atoms with Gasteiger partial charge in [-0.2, -0.15) is 9.82 Å². The van der Waals surface area contributed by atoms with Crippen molar-refractivity contribution in [3.63, 3.8) is 0 Å². The molecule has 0 aliphatic carbocycles. The monoisotopic (exact) mass is 242 g/mol. The molecule has 0 bridgehead atoms. The van der Waals surface area contributed by atoms with Crippen LogP contribution in [0.4, 0.5) is 5.82 Å². The van der Waals surface area contributed by atoms with E-state index in [2.05, 4.69) is 15.7 Å². The Hall–Kier alpha value is -1.52. The van der Waals surface area contributed by atoms with Crippen LogP contribution in [0.2, 0.25) is 0 Å². The lowest BCUT2D eigenvalue weighted by molar-refractivity contribution is 0.577. The first kappa shape index (κ1) is 12.5. The Morgan fingerprint density at radius 3 is 2.56 bits per heavy atom. The molecule has 1 unspecified atom stereocenters. The van der Waals surface area contributed by atoms with Crippen LogP contribution in [-0.4, -0.2) is 24.2 Å². The van der Waals surface area contributed by atoms with Crippen molar-refractivity contribution >= 4 is 15.8 Å². The Morgan fingerprint density at radius 1 is 1.62 bits per heavy atom. The second kappa shape index (κ2) is 4.15. The van der Waals surface area contributed by atoms with Crippen LogP contribution in [0.3, 0.4) is 0 Å². The molecule has 0 amide bonds. The van der Waals surface area contributed by atoms with Crippen molar-refractivity contribution in [1.29, 1.82) is 0 Å². The van der Waals surface area contributed by atoms with Crippen molar-refractivity contribution in [3.05, 3.63) is 5.69 Å². The molecular formula is C9H14N4O2S. The van der Waals surface area contributed by atoms with Gasteiger partial charge in [0.2, 0.25) is 10.0 Å². The number of sulfonamides is 1. The van der Waals surface area contributed by atoms with Gasteiger partial charge in [-0.05, 0) is 13.8 Å². The van der Waals surface area contributed by atoms with Gasteiger partial charge in [0.25, 0.3) is 0 Å². The van der Waals surface area contributed by atoms with E-state index in [4.69, 9.17) is 12.2 Å². The van der Waals surface area contributed by atoms with E-state index < -0.39 is 16.1 Å². The van der Waals surface area contributed by atoms with E-state index in [1.807, 2.05) is 0 Å². The predicted molar refractivity (Wildman–Crippen MR) is 61.0 cm³/mol. The third kappa shape index (κ3) is 2.18. The predicted octanol–water partition coefficient (Wildman–Crippen LogP) is -0.389. The molecule has 0 saturated carbocycles. The number of rotatable bonds is 3. The number of nitrogens with one attached hydrogen (secondary N) is 1. The Bertz CT molecular complexity index is 539. The van der Waals surface area contributed by atoms with Crippen LogP contribution < -0.4 is 10.5 Å². The quantitative estimate of drug-likeness (QED) is 0.706. The van der Waals surface area contributed by atoms with Gasteiger partial charge in [-0.25, -0.2) is 8.42 Å². The SMILES string of the molecule is C#CC(C)NS(=O)(=O)c1c(N)nn(C)c1C. The summed E-state index contributed by atoms with van der Waals surface area (Å²) in [5.74, 6) is 2.25. The Balaban J connectivity index is 3.24. The summed E-state index contributed by atoms with van der Waals surface area (Å²) < 4.78 is 27.6. The van der Waals surface area contributed by atoms with E-state index in [9.17, 15) is 8.42 Å². The number of nitrogens with two attached hydrogens (primary N) is 1. The van der Waals surface area contributed by atoms with Crippen molar-refractivity contribution in [3.8, 4) is 12.3 Å². The van der Waals surface area contributed by atoms with E-state index in [0.29, 0.717) is 5.69 Å². The van der Waals surface area contributed by atoms with Gasteiger partial charge >= 0.3 is 0 Å². The summed E-state index contributed by atoms with van der Waals surface area (Å²) in [6.07, 6.45) is 5.11. The molecule has 1 atom stereocenters. The van der Waals surface area contributed by atoms with Gasteiger partial charge in [0.1, 0.15) is 4.90 Å². The molecule has 3 N–H and O–H groups in total. The molecule has 0 spiro atoms. The molecule has 1 rings (SSSR count). The zero-order valence-electron chi connectivity index (χ0n) is 9.35. The van der Waals surface area contributed by atoms with Crippen molar-refractivity contribution in [2.45, 2.75) is 24.8 Å². The fourth-order valence-corrected chi connectivity index (χ4v) is 2.76. The maximum absolute atomic E-state index is 11.9. The summed E-state index contributed by atoms with van der Waals surface area (Å²) in [5.41, 5.74) is 6.01. The summed E-state index contributed by atoms with van der Waals surface area (Å²) in [6.45, 7) is 3.19. The lowest BCUT2D eigenvalue weighted by Gasteiger charge is -2.08. The lowest BCUT2D eigenvalue weighted by atomic mass is 10.4. The van der Waals surface area contributed by atoms with E-state index >= 15 is 0 Å². The van der Waals surface area contributed by atoms with E-state index in [1.165, 1.54) is 4.68 Å². The molecule has 1 aromatic heterocycles. The number of aryl methyl sites for hydroxylation is 1. The van der Waals surface area contributed by atoms with E-state index in [-0.39, 0.29) is 10.7 Å². The summed E-state index contributed by atoms with van der Waals surface area (Å²) in [7, 11) is -2.09. The number of aromatic nitrogens is 2.